The molecule has 1 aromatic rings. The third-order valence-corrected chi connectivity index (χ3v) is 2.35. The van der Waals surface area contributed by atoms with Crippen molar-refractivity contribution >= 4 is 5.69 Å². The van der Waals surface area contributed by atoms with Crippen molar-refractivity contribution in [3.63, 3.8) is 0 Å². The molecule has 17 heavy (non-hydrogen) atoms. The van der Waals surface area contributed by atoms with Crippen LogP contribution in [0.15, 0.2) is 40.8 Å². The minimum absolute atomic E-state index is 0.0773. The Morgan fingerprint density at radius 1 is 1.53 bits per heavy atom. The van der Waals surface area contributed by atoms with E-state index in [-0.39, 0.29) is 11.6 Å². The minimum Gasteiger partial charge on any atom is -0.444 e. The van der Waals surface area contributed by atoms with Crippen LogP contribution in [0.3, 0.4) is 0 Å². The van der Waals surface area contributed by atoms with E-state index in [1.165, 1.54) is 12.1 Å². The zero-order valence-electron chi connectivity index (χ0n) is 9.11. The van der Waals surface area contributed by atoms with E-state index in [4.69, 9.17) is 4.74 Å². The Bertz CT molecular complexity index is 469. The van der Waals surface area contributed by atoms with Gasteiger partial charge in [-0.05, 0) is 0 Å². The molecule has 0 N–H and O–H groups in total. The summed E-state index contributed by atoms with van der Waals surface area (Å²) in [6.45, 7) is 1.90. The molecule has 7 nitrogen and oxygen atoms in total. The van der Waals surface area contributed by atoms with Crippen molar-refractivity contribution in [3.8, 4) is 5.88 Å². The fourth-order valence-electron chi connectivity index (χ4n) is 1.35. The smallest absolute Gasteiger partial charge is 0.287 e. The quantitative estimate of drug-likeness (QED) is 0.591. The number of hydrogen-bond acceptors (Lipinski definition) is 6. The molecular formula is C10H10N4O3. The van der Waals surface area contributed by atoms with E-state index in [9.17, 15) is 10.1 Å². The van der Waals surface area contributed by atoms with Crippen LogP contribution in [-0.4, -0.2) is 15.6 Å². The number of aromatic nitrogens is 1. The molecule has 1 aliphatic rings. The van der Waals surface area contributed by atoms with Gasteiger partial charge >= 0.3 is 0 Å². The van der Waals surface area contributed by atoms with Crippen LogP contribution in [0, 0.1) is 10.1 Å². The van der Waals surface area contributed by atoms with Gasteiger partial charge < -0.3 is 4.74 Å². The lowest BCUT2D eigenvalue weighted by atomic mass is 10.2. The lowest BCUT2D eigenvalue weighted by Crippen LogP contribution is -2.28. The fraction of sp³-hybridized carbons (Fsp3) is 0.300. The van der Waals surface area contributed by atoms with E-state index in [1.54, 1.807) is 12.3 Å². The van der Waals surface area contributed by atoms with Gasteiger partial charge in [-0.3, -0.25) is 10.1 Å². The van der Waals surface area contributed by atoms with Gasteiger partial charge in [0.25, 0.3) is 5.69 Å². The summed E-state index contributed by atoms with van der Waals surface area (Å²) >= 11 is 0. The maximum Gasteiger partial charge on any atom is 0.287 e. The lowest BCUT2D eigenvalue weighted by molar-refractivity contribution is -0.385. The summed E-state index contributed by atoms with van der Waals surface area (Å²) < 4.78 is 5.57. The highest BCUT2D eigenvalue weighted by atomic mass is 16.6. The van der Waals surface area contributed by atoms with E-state index >= 15 is 0 Å². The number of ether oxygens (including phenoxy) is 1. The van der Waals surface area contributed by atoms with Gasteiger partial charge in [0.15, 0.2) is 0 Å². The molecule has 1 atom stereocenters. The van der Waals surface area contributed by atoms with Gasteiger partial charge in [-0.25, -0.2) is 4.98 Å². The summed E-state index contributed by atoms with van der Waals surface area (Å²) in [6.07, 6.45) is 5.02. The monoisotopic (exact) mass is 234 g/mol. The van der Waals surface area contributed by atoms with Gasteiger partial charge in [-0.1, -0.05) is 6.92 Å². The fourth-order valence-corrected chi connectivity index (χ4v) is 1.35. The number of azo groups is 1. The first-order chi connectivity index (χ1) is 8.15. The van der Waals surface area contributed by atoms with Crippen LogP contribution < -0.4 is 4.74 Å². The molecule has 88 valence electrons. The topological polar surface area (TPSA) is 90.0 Å². The molecule has 1 aromatic heterocycles. The third-order valence-electron chi connectivity index (χ3n) is 2.35. The standard InChI is InChI=1S/C10H10N4O3/c1-2-10(5-6-12-13-10)17-9-4-3-8(7-11-9)14(15)16/h3-7H,2H2,1H3. The Labute approximate surface area is 97.0 Å². The predicted octanol–water partition coefficient (Wildman–Crippen LogP) is 2.45. The van der Waals surface area contributed by atoms with Crippen molar-refractivity contribution in [2.45, 2.75) is 19.1 Å². The van der Waals surface area contributed by atoms with Gasteiger partial charge in [0.1, 0.15) is 6.20 Å². The maximum absolute atomic E-state index is 10.5. The second kappa shape index (κ2) is 4.28. The van der Waals surface area contributed by atoms with E-state index in [2.05, 4.69) is 15.2 Å². The van der Waals surface area contributed by atoms with E-state index < -0.39 is 10.6 Å². The van der Waals surface area contributed by atoms with Crippen LogP contribution >= 0.6 is 0 Å². The van der Waals surface area contributed by atoms with E-state index in [0.29, 0.717) is 6.42 Å². The molecule has 0 spiro atoms. The molecule has 2 rings (SSSR count). The molecule has 0 bridgehead atoms. The van der Waals surface area contributed by atoms with Gasteiger partial charge in [0.2, 0.25) is 11.6 Å². The molecule has 0 saturated carbocycles. The zero-order chi connectivity index (χ0) is 12.3. The average molecular weight is 234 g/mol. The maximum atomic E-state index is 10.5. The largest absolute Gasteiger partial charge is 0.444 e. The molecule has 2 heterocycles. The summed E-state index contributed by atoms with van der Waals surface area (Å²) in [7, 11) is 0. The molecular weight excluding hydrogens is 224 g/mol. The van der Waals surface area contributed by atoms with Crippen molar-refractivity contribution in [3.05, 3.63) is 40.7 Å². The van der Waals surface area contributed by atoms with Crippen LogP contribution in [0.5, 0.6) is 5.88 Å². The SMILES string of the molecule is CCC1(Oc2ccc([N+](=O)[O-])cn2)C=CN=N1. The molecule has 1 unspecified atom stereocenters. The molecule has 0 saturated heterocycles. The number of pyridine rings is 1. The summed E-state index contributed by atoms with van der Waals surface area (Å²) in [4.78, 5) is 13.8. The van der Waals surface area contributed by atoms with Gasteiger partial charge in [-0.15, -0.1) is 5.11 Å². The van der Waals surface area contributed by atoms with Gasteiger partial charge in [-0.2, -0.15) is 5.11 Å². The summed E-state index contributed by atoms with van der Waals surface area (Å²) in [5, 5.41) is 18.1. The molecule has 7 heteroatoms. The lowest BCUT2D eigenvalue weighted by Gasteiger charge is -2.21. The van der Waals surface area contributed by atoms with Crippen LogP contribution in [0.25, 0.3) is 0 Å². The second-order valence-corrected chi connectivity index (χ2v) is 3.44. The summed E-state index contributed by atoms with van der Waals surface area (Å²) in [5.74, 6) is 0.281. The zero-order valence-corrected chi connectivity index (χ0v) is 9.11. The van der Waals surface area contributed by atoms with Crippen molar-refractivity contribution in [1.29, 1.82) is 0 Å². The average Bonchev–Trinajstić information content (AvgIpc) is 2.79. The normalized spacial score (nSPS) is 21.7. The second-order valence-electron chi connectivity index (χ2n) is 3.44. The third kappa shape index (κ3) is 2.27. The summed E-state index contributed by atoms with van der Waals surface area (Å²) in [5.41, 5.74) is -0.908. The number of nitrogens with zero attached hydrogens (tertiary/aromatic N) is 4. The Morgan fingerprint density at radius 2 is 2.35 bits per heavy atom. The molecule has 0 fully saturated rings. The van der Waals surface area contributed by atoms with Crippen LogP contribution in [0.4, 0.5) is 5.69 Å². The Hall–Kier alpha value is -2.31. The predicted molar refractivity (Wildman–Crippen MR) is 58.5 cm³/mol. The number of rotatable bonds is 4. The van der Waals surface area contributed by atoms with Crippen molar-refractivity contribution in [2.75, 3.05) is 0 Å². The number of hydrogen-bond donors (Lipinski definition) is 0. The molecule has 0 aromatic carbocycles. The molecule has 0 amide bonds. The molecule has 0 radical (unpaired) electrons. The van der Waals surface area contributed by atoms with Gasteiger partial charge in [0, 0.05) is 24.6 Å². The Morgan fingerprint density at radius 3 is 2.82 bits per heavy atom. The highest BCUT2D eigenvalue weighted by molar-refractivity contribution is 5.29. The molecule has 1 aliphatic heterocycles. The van der Waals surface area contributed by atoms with Gasteiger partial charge in [0.05, 0.1) is 11.1 Å². The Balaban J connectivity index is 2.16. The Kier molecular flexibility index (Phi) is 2.82. The number of nitro groups is 1. The van der Waals surface area contributed by atoms with E-state index in [1.807, 2.05) is 6.92 Å². The van der Waals surface area contributed by atoms with Crippen molar-refractivity contribution in [2.24, 2.45) is 10.2 Å². The van der Waals surface area contributed by atoms with E-state index in [0.717, 1.165) is 6.20 Å². The van der Waals surface area contributed by atoms with Crippen LogP contribution in [0.2, 0.25) is 0 Å². The first-order valence-corrected chi connectivity index (χ1v) is 5.04. The highest BCUT2D eigenvalue weighted by Crippen LogP contribution is 2.27. The summed E-state index contributed by atoms with van der Waals surface area (Å²) in [6, 6.07) is 2.78. The first kappa shape index (κ1) is 11.2. The van der Waals surface area contributed by atoms with Crippen molar-refractivity contribution in [1.82, 2.24) is 4.98 Å². The highest BCUT2D eigenvalue weighted by Gasteiger charge is 2.30. The van der Waals surface area contributed by atoms with Crippen LogP contribution in [-0.2, 0) is 0 Å². The minimum atomic E-state index is -0.830. The van der Waals surface area contributed by atoms with Crippen LogP contribution in [0.1, 0.15) is 13.3 Å². The van der Waals surface area contributed by atoms with Crippen molar-refractivity contribution < 1.29 is 9.66 Å². The molecule has 0 aliphatic carbocycles. The first-order valence-electron chi connectivity index (χ1n) is 5.04.